The number of ether oxygens (including phenoxy) is 2. The van der Waals surface area contributed by atoms with E-state index in [9.17, 15) is 19.0 Å². The number of rotatable bonds is 52. The number of phosphoric acid groups is 1. The summed E-state index contributed by atoms with van der Waals surface area (Å²) in [5.41, 5.74) is 5.38. The number of unbranched alkanes of at least 4 members (excludes halogenated alkanes) is 34. The molecule has 0 aromatic carbocycles. The van der Waals surface area contributed by atoms with Gasteiger partial charge < -0.3 is 25.2 Å². The van der Waals surface area contributed by atoms with Gasteiger partial charge in [0, 0.05) is 13.0 Å². The average molecular weight is 928 g/mol. The largest absolute Gasteiger partial charge is 0.480 e. The number of carbonyl (C=O) groups excluding carboxylic acids is 1. The van der Waals surface area contributed by atoms with Gasteiger partial charge in [0.2, 0.25) is 0 Å². The minimum absolute atomic E-state index is 0.0204. The first-order chi connectivity index (χ1) is 31.2. The van der Waals surface area contributed by atoms with Crippen molar-refractivity contribution >= 4 is 19.8 Å². The molecule has 0 fully saturated rings. The lowest BCUT2D eigenvalue weighted by atomic mass is 10.0. The van der Waals surface area contributed by atoms with E-state index in [1.807, 2.05) is 0 Å². The van der Waals surface area contributed by atoms with E-state index in [-0.39, 0.29) is 13.0 Å². The Hall–Kier alpha value is -1.55. The molecule has 0 heterocycles. The Balaban J connectivity index is 4.07. The van der Waals surface area contributed by atoms with Crippen molar-refractivity contribution < 1.29 is 42.7 Å². The lowest BCUT2D eigenvalue weighted by Gasteiger charge is -2.20. The minimum atomic E-state index is -4.62. The smallest absolute Gasteiger partial charge is 0.472 e. The second-order valence-electron chi connectivity index (χ2n) is 18.4. The molecule has 11 heteroatoms. The van der Waals surface area contributed by atoms with E-state index in [1.54, 1.807) is 0 Å². The van der Waals surface area contributed by atoms with Crippen LogP contribution < -0.4 is 5.73 Å². The highest BCUT2D eigenvalue weighted by Gasteiger charge is 2.27. The highest BCUT2D eigenvalue weighted by molar-refractivity contribution is 7.47. The maximum atomic E-state index is 12.7. The zero-order chi connectivity index (χ0) is 46.9. The highest BCUT2D eigenvalue weighted by Crippen LogP contribution is 2.43. The van der Waals surface area contributed by atoms with Crippen LogP contribution in [0.5, 0.6) is 0 Å². The summed E-state index contributed by atoms with van der Waals surface area (Å²) in [6, 6.07) is -1.47. The van der Waals surface area contributed by atoms with Gasteiger partial charge in [0.05, 0.1) is 19.8 Å². The summed E-state index contributed by atoms with van der Waals surface area (Å²) in [6.45, 7) is 3.91. The molecule has 3 atom stereocenters. The molecule has 378 valence electrons. The number of phosphoric ester groups is 1. The summed E-state index contributed by atoms with van der Waals surface area (Å²) >= 11 is 0. The molecular weight excluding hydrogens is 826 g/mol. The van der Waals surface area contributed by atoms with Crippen LogP contribution in [-0.2, 0) is 32.7 Å². The zero-order valence-corrected chi connectivity index (χ0v) is 42.5. The van der Waals surface area contributed by atoms with E-state index in [4.69, 9.17) is 29.4 Å². The molecule has 0 saturated carbocycles. The molecule has 4 N–H and O–H groups in total. The van der Waals surface area contributed by atoms with E-state index in [0.29, 0.717) is 13.0 Å². The first-order valence-corrected chi connectivity index (χ1v) is 28.4. The van der Waals surface area contributed by atoms with Gasteiger partial charge in [0.15, 0.2) is 0 Å². The Kier molecular flexibility index (Phi) is 48.2. The van der Waals surface area contributed by atoms with Crippen molar-refractivity contribution in [1.29, 1.82) is 0 Å². The van der Waals surface area contributed by atoms with Crippen molar-refractivity contribution in [2.24, 2.45) is 5.73 Å². The number of aliphatic carboxylic acids is 1. The molecule has 0 spiro atoms. The first-order valence-electron chi connectivity index (χ1n) is 26.9. The van der Waals surface area contributed by atoms with Crippen LogP contribution in [0.2, 0.25) is 0 Å². The van der Waals surface area contributed by atoms with Gasteiger partial charge >= 0.3 is 19.8 Å². The van der Waals surface area contributed by atoms with Crippen LogP contribution in [0.3, 0.4) is 0 Å². The molecule has 0 saturated heterocycles. The standard InChI is InChI=1S/C53H102NO9P/c1-3-5-7-9-11-13-15-17-19-21-23-24-25-26-28-30-32-34-36-38-40-42-44-46-60-47-50(48-61-64(58,59)62-49-51(54)53(56)57)63-52(55)45-43-41-39-37-35-33-31-29-27-22-20-18-16-14-12-10-8-6-4-2/h12,14,18,20,50-51H,3-11,13,15-17,19,21-49,54H2,1-2H3,(H,56,57)(H,58,59)/b14-12-,20-18-. The Bertz CT molecular complexity index is 1120. The number of hydrogen-bond donors (Lipinski definition) is 3. The van der Waals surface area contributed by atoms with Gasteiger partial charge in [-0.1, -0.05) is 237 Å². The van der Waals surface area contributed by atoms with E-state index in [1.165, 1.54) is 186 Å². The Morgan fingerprint density at radius 1 is 0.500 bits per heavy atom. The average Bonchev–Trinajstić information content (AvgIpc) is 3.28. The summed E-state index contributed by atoms with van der Waals surface area (Å²) in [5, 5.41) is 8.94. The van der Waals surface area contributed by atoms with Crippen molar-refractivity contribution in [3.63, 3.8) is 0 Å². The summed E-state index contributed by atoms with van der Waals surface area (Å²) in [4.78, 5) is 33.7. The van der Waals surface area contributed by atoms with Gasteiger partial charge in [0.1, 0.15) is 12.1 Å². The fourth-order valence-corrected chi connectivity index (χ4v) is 8.59. The Labute approximate surface area is 394 Å². The van der Waals surface area contributed by atoms with Crippen molar-refractivity contribution in [3.05, 3.63) is 24.3 Å². The molecule has 0 aromatic rings. The van der Waals surface area contributed by atoms with Crippen molar-refractivity contribution in [2.75, 3.05) is 26.4 Å². The lowest BCUT2D eigenvalue weighted by molar-refractivity contribution is -0.154. The summed E-state index contributed by atoms with van der Waals surface area (Å²) in [6.07, 6.45) is 56.7. The van der Waals surface area contributed by atoms with E-state index >= 15 is 0 Å². The molecule has 64 heavy (non-hydrogen) atoms. The number of carbonyl (C=O) groups is 2. The summed E-state index contributed by atoms with van der Waals surface area (Å²) in [7, 11) is -4.62. The summed E-state index contributed by atoms with van der Waals surface area (Å²) in [5.74, 6) is -1.77. The maximum Gasteiger partial charge on any atom is 0.472 e. The third kappa shape index (κ3) is 48.4. The van der Waals surface area contributed by atoms with Crippen molar-refractivity contribution in [3.8, 4) is 0 Å². The topological polar surface area (TPSA) is 155 Å². The molecular formula is C53H102NO9P. The number of esters is 1. The van der Waals surface area contributed by atoms with Crippen LogP contribution in [0, 0.1) is 0 Å². The van der Waals surface area contributed by atoms with Gasteiger partial charge in [0.25, 0.3) is 0 Å². The molecule has 0 aromatic heterocycles. The molecule has 0 radical (unpaired) electrons. The van der Waals surface area contributed by atoms with E-state index in [0.717, 1.165) is 51.4 Å². The van der Waals surface area contributed by atoms with Crippen LogP contribution in [0.4, 0.5) is 0 Å². The van der Waals surface area contributed by atoms with Crippen LogP contribution >= 0.6 is 7.82 Å². The molecule has 10 nitrogen and oxygen atoms in total. The van der Waals surface area contributed by atoms with Crippen LogP contribution in [0.1, 0.15) is 264 Å². The number of allylic oxidation sites excluding steroid dienone is 4. The number of carboxylic acids is 1. The molecule has 3 unspecified atom stereocenters. The third-order valence-corrected chi connectivity index (χ3v) is 12.9. The monoisotopic (exact) mass is 928 g/mol. The Morgan fingerprint density at radius 3 is 1.30 bits per heavy atom. The molecule has 0 aliphatic heterocycles. The number of nitrogens with two attached hydrogens (primary N) is 1. The SMILES string of the molecule is CCCCC/C=C\C/C=C\CCCCCCCCCCCC(=O)OC(COCCCCCCCCCCCCCCCCCCCCCCCCC)COP(=O)(O)OCC(N)C(=O)O. The predicted octanol–water partition coefficient (Wildman–Crippen LogP) is 15.8. The second kappa shape index (κ2) is 49.4. The maximum absolute atomic E-state index is 12.7. The lowest BCUT2D eigenvalue weighted by Crippen LogP contribution is -2.34. The van der Waals surface area contributed by atoms with Crippen molar-refractivity contribution in [2.45, 2.75) is 276 Å². The van der Waals surface area contributed by atoms with Gasteiger partial charge in [-0.2, -0.15) is 0 Å². The predicted molar refractivity (Wildman–Crippen MR) is 268 cm³/mol. The van der Waals surface area contributed by atoms with Crippen LogP contribution in [-0.4, -0.2) is 60.5 Å². The molecule has 0 aliphatic carbocycles. The quantitative estimate of drug-likeness (QED) is 0.0232. The van der Waals surface area contributed by atoms with E-state index < -0.39 is 45.1 Å². The number of hydrogen-bond acceptors (Lipinski definition) is 8. The Morgan fingerprint density at radius 2 is 0.859 bits per heavy atom. The summed E-state index contributed by atoms with van der Waals surface area (Å²) < 4.78 is 33.6. The van der Waals surface area contributed by atoms with Crippen LogP contribution in [0.25, 0.3) is 0 Å². The second-order valence-corrected chi connectivity index (χ2v) is 19.8. The molecule has 0 aliphatic rings. The third-order valence-electron chi connectivity index (χ3n) is 12.0. The fourth-order valence-electron chi connectivity index (χ4n) is 7.81. The van der Waals surface area contributed by atoms with Crippen LogP contribution in [0.15, 0.2) is 24.3 Å². The normalized spacial score (nSPS) is 13.8. The van der Waals surface area contributed by atoms with Gasteiger partial charge in [-0.3, -0.25) is 18.6 Å². The van der Waals surface area contributed by atoms with Gasteiger partial charge in [-0.05, 0) is 44.9 Å². The zero-order valence-electron chi connectivity index (χ0n) is 41.6. The van der Waals surface area contributed by atoms with E-state index in [2.05, 4.69) is 38.2 Å². The fraction of sp³-hybridized carbons (Fsp3) is 0.887. The number of carboxylic acid groups (broad SMARTS) is 1. The van der Waals surface area contributed by atoms with Gasteiger partial charge in [-0.15, -0.1) is 0 Å². The first kappa shape index (κ1) is 62.4. The van der Waals surface area contributed by atoms with Gasteiger partial charge in [-0.25, -0.2) is 4.57 Å². The molecule has 0 rings (SSSR count). The molecule has 0 amide bonds. The molecule has 0 bridgehead atoms. The minimum Gasteiger partial charge on any atom is -0.480 e. The van der Waals surface area contributed by atoms with Crippen molar-refractivity contribution in [1.82, 2.24) is 0 Å². The highest BCUT2D eigenvalue weighted by atomic mass is 31.2.